The molecule has 1 aromatic rings. The van der Waals surface area contributed by atoms with Gasteiger partial charge in [-0.2, -0.15) is 13.2 Å². The van der Waals surface area contributed by atoms with Crippen LogP contribution in [0, 0.1) is 6.92 Å². The topological polar surface area (TPSA) is 20.3 Å². The van der Waals surface area contributed by atoms with Crippen molar-refractivity contribution in [2.45, 2.75) is 46.3 Å². The van der Waals surface area contributed by atoms with Crippen LogP contribution in [0.25, 0.3) is 0 Å². The Labute approximate surface area is 123 Å². The van der Waals surface area contributed by atoms with Crippen molar-refractivity contribution in [3.05, 3.63) is 34.9 Å². The van der Waals surface area contributed by atoms with Crippen molar-refractivity contribution in [2.75, 3.05) is 13.1 Å². The SMILES string of the molecule is CCN(CC)C(C)(C)C(=O)c1ccc(C(F)(F)F)cc1C. The van der Waals surface area contributed by atoms with Crippen LogP contribution in [0.1, 0.15) is 49.2 Å². The standard InChI is InChI=1S/C16H22F3NO/c1-6-20(7-2)15(4,5)14(21)13-9-8-12(10-11(13)3)16(17,18)19/h8-10H,6-7H2,1-5H3. The summed E-state index contributed by atoms with van der Waals surface area (Å²) in [5.74, 6) is -0.155. The van der Waals surface area contributed by atoms with E-state index >= 15 is 0 Å². The van der Waals surface area contributed by atoms with Gasteiger partial charge in [-0.05, 0) is 51.6 Å². The number of alkyl halides is 3. The highest BCUT2D eigenvalue weighted by atomic mass is 19.4. The number of hydrogen-bond acceptors (Lipinski definition) is 2. The monoisotopic (exact) mass is 301 g/mol. The molecule has 0 atom stereocenters. The Kier molecular flexibility index (Phi) is 5.20. The van der Waals surface area contributed by atoms with E-state index in [1.165, 1.54) is 6.07 Å². The third kappa shape index (κ3) is 3.64. The van der Waals surface area contributed by atoms with Gasteiger partial charge in [0.05, 0.1) is 11.1 Å². The average Bonchev–Trinajstić information content (AvgIpc) is 2.37. The van der Waals surface area contributed by atoms with Gasteiger partial charge in [0.15, 0.2) is 5.78 Å². The van der Waals surface area contributed by atoms with Gasteiger partial charge in [-0.25, -0.2) is 0 Å². The molecule has 0 aliphatic heterocycles. The normalized spacial score (nSPS) is 12.8. The van der Waals surface area contributed by atoms with Crippen LogP contribution in [-0.2, 0) is 6.18 Å². The molecule has 0 radical (unpaired) electrons. The highest BCUT2D eigenvalue weighted by Crippen LogP contribution is 2.31. The van der Waals surface area contributed by atoms with E-state index in [4.69, 9.17) is 0 Å². The molecule has 5 heteroatoms. The van der Waals surface area contributed by atoms with E-state index in [-0.39, 0.29) is 5.78 Å². The van der Waals surface area contributed by atoms with Crippen LogP contribution < -0.4 is 0 Å². The quantitative estimate of drug-likeness (QED) is 0.755. The molecule has 0 bridgehead atoms. The Balaban J connectivity index is 3.20. The summed E-state index contributed by atoms with van der Waals surface area (Å²) in [5.41, 5.74) is -0.763. The van der Waals surface area contributed by atoms with Crippen molar-refractivity contribution in [3.8, 4) is 0 Å². The Hall–Kier alpha value is -1.36. The smallest absolute Gasteiger partial charge is 0.292 e. The Morgan fingerprint density at radius 1 is 1.14 bits per heavy atom. The zero-order valence-electron chi connectivity index (χ0n) is 13.1. The highest BCUT2D eigenvalue weighted by molar-refractivity contribution is 6.03. The third-order valence-corrected chi connectivity index (χ3v) is 3.91. The van der Waals surface area contributed by atoms with Gasteiger partial charge in [0, 0.05) is 5.56 Å². The molecule has 0 amide bonds. The Morgan fingerprint density at radius 3 is 2.05 bits per heavy atom. The van der Waals surface area contributed by atoms with Crippen LogP contribution in [0.2, 0.25) is 0 Å². The lowest BCUT2D eigenvalue weighted by atomic mass is 9.88. The molecule has 21 heavy (non-hydrogen) atoms. The van der Waals surface area contributed by atoms with Crippen LogP contribution in [0.15, 0.2) is 18.2 Å². The lowest BCUT2D eigenvalue weighted by Gasteiger charge is -2.36. The van der Waals surface area contributed by atoms with Gasteiger partial charge in [0.1, 0.15) is 0 Å². The minimum atomic E-state index is -4.39. The maximum atomic E-state index is 12.7. The minimum Gasteiger partial charge on any atom is -0.292 e. The predicted molar refractivity (Wildman–Crippen MR) is 77.5 cm³/mol. The molecule has 0 heterocycles. The summed E-state index contributed by atoms with van der Waals surface area (Å²) >= 11 is 0. The largest absolute Gasteiger partial charge is 0.416 e. The zero-order valence-corrected chi connectivity index (χ0v) is 13.1. The van der Waals surface area contributed by atoms with Crippen LogP contribution in [0.5, 0.6) is 0 Å². The van der Waals surface area contributed by atoms with E-state index in [0.717, 1.165) is 12.1 Å². The van der Waals surface area contributed by atoms with Crippen molar-refractivity contribution >= 4 is 5.78 Å². The third-order valence-electron chi connectivity index (χ3n) is 3.91. The van der Waals surface area contributed by atoms with Crippen molar-refractivity contribution in [3.63, 3.8) is 0 Å². The molecular formula is C16H22F3NO. The van der Waals surface area contributed by atoms with Crippen molar-refractivity contribution in [2.24, 2.45) is 0 Å². The molecular weight excluding hydrogens is 279 g/mol. The molecule has 1 aromatic carbocycles. The molecule has 0 N–H and O–H groups in total. The molecule has 118 valence electrons. The minimum absolute atomic E-state index is 0.155. The first kappa shape index (κ1) is 17.7. The summed E-state index contributed by atoms with van der Waals surface area (Å²) in [6.45, 7) is 10.5. The number of carbonyl (C=O) groups excluding carboxylic acids is 1. The number of Topliss-reactive ketones (excluding diaryl/α,β-unsaturated/α-hetero) is 1. The average molecular weight is 301 g/mol. The summed E-state index contributed by atoms with van der Waals surface area (Å²) in [4.78, 5) is 14.7. The Morgan fingerprint density at radius 2 is 1.67 bits per heavy atom. The summed E-state index contributed by atoms with van der Waals surface area (Å²) in [6, 6.07) is 3.29. The second kappa shape index (κ2) is 6.18. The lowest BCUT2D eigenvalue weighted by Crippen LogP contribution is -2.50. The summed E-state index contributed by atoms with van der Waals surface area (Å²) in [6.07, 6.45) is -4.39. The zero-order chi connectivity index (χ0) is 16.4. The van der Waals surface area contributed by atoms with Gasteiger partial charge >= 0.3 is 6.18 Å². The predicted octanol–water partition coefficient (Wildman–Crippen LogP) is 4.32. The van der Waals surface area contributed by atoms with Crippen LogP contribution >= 0.6 is 0 Å². The number of hydrogen-bond donors (Lipinski definition) is 0. The number of halogens is 3. The molecule has 0 spiro atoms. The molecule has 2 nitrogen and oxygen atoms in total. The van der Waals surface area contributed by atoms with Crippen molar-refractivity contribution < 1.29 is 18.0 Å². The molecule has 0 saturated heterocycles. The van der Waals surface area contributed by atoms with Gasteiger partial charge in [0.2, 0.25) is 0 Å². The van der Waals surface area contributed by atoms with Crippen molar-refractivity contribution in [1.29, 1.82) is 0 Å². The maximum Gasteiger partial charge on any atom is 0.416 e. The fraction of sp³-hybridized carbons (Fsp3) is 0.562. The van der Waals surface area contributed by atoms with Gasteiger partial charge in [-0.15, -0.1) is 0 Å². The molecule has 1 rings (SSSR count). The van der Waals surface area contributed by atoms with E-state index in [0.29, 0.717) is 24.2 Å². The molecule has 0 aromatic heterocycles. The van der Waals surface area contributed by atoms with Gasteiger partial charge in [-0.3, -0.25) is 9.69 Å². The second-order valence-corrected chi connectivity index (χ2v) is 5.59. The van der Waals surface area contributed by atoms with Gasteiger partial charge < -0.3 is 0 Å². The first-order valence-corrected chi connectivity index (χ1v) is 7.03. The van der Waals surface area contributed by atoms with Crippen LogP contribution in [-0.4, -0.2) is 29.3 Å². The summed E-state index contributed by atoms with van der Waals surface area (Å²) in [7, 11) is 0. The summed E-state index contributed by atoms with van der Waals surface area (Å²) in [5, 5.41) is 0. The number of ketones is 1. The maximum absolute atomic E-state index is 12.7. The van der Waals surface area contributed by atoms with E-state index in [1.807, 2.05) is 18.7 Å². The highest BCUT2D eigenvalue weighted by Gasteiger charge is 2.36. The molecule has 0 unspecified atom stereocenters. The fourth-order valence-electron chi connectivity index (χ4n) is 2.58. The van der Waals surface area contributed by atoms with E-state index in [9.17, 15) is 18.0 Å². The number of rotatable bonds is 5. The van der Waals surface area contributed by atoms with Gasteiger partial charge in [-0.1, -0.05) is 19.9 Å². The number of aryl methyl sites for hydroxylation is 1. The van der Waals surface area contributed by atoms with Crippen LogP contribution in [0.3, 0.4) is 0 Å². The Bertz CT molecular complexity index is 517. The second-order valence-electron chi connectivity index (χ2n) is 5.59. The first-order valence-electron chi connectivity index (χ1n) is 7.03. The molecule has 0 aliphatic rings. The van der Waals surface area contributed by atoms with E-state index in [2.05, 4.69) is 0 Å². The number of likely N-dealkylation sites (N-methyl/N-ethyl adjacent to an activating group) is 1. The molecule has 0 fully saturated rings. The summed E-state index contributed by atoms with van der Waals surface area (Å²) < 4.78 is 38.0. The van der Waals surface area contributed by atoms with E-state index in [1.54, 1.807) is 20.8 Å². The number of benzene rings is 1. The van der Waals surface area contributed by atoms with E-state index < -0.39 is 17.3 Å². The van der Waals surface area contributed by atoms with Gasteiger partial charge in [0.25, 0.3) is 0 Å². The van der Waals surface area contributed by atoms with Crippen LogP contribution in [0.4, 0.5) is 13.2 Å². The number of nitrogens with zero attached hydrogens (tertiary/aromatic N) is 1. The molecule has 0 saturated carbocycles. The van der Waals surface area contributed by atoms with Crippen molar-refractivity contribution in [1.82, 2.24) is 4.90 Å². The first-order chi connectivity index (χ1) is 9.55. The molecule has 0 aliphatic carbocycles. The number of carbonyl (C=O) groups is 1. The fourth-order valence-corrected chi connectivity index (χ4v) is 2.58. The lowest BCUT2D eigenvalue weighted by molar-refractivity contribution is -0.137.